The molecule has 0 aliphatic carbocycles. The van der Waals surface area contributed by atoms with Crippen molar-refractivity contribution < 1.29 is 18.4 Å². The lowest BCUT2D eigenvalue weighted by Gasteiger charge is -2.17. The van der Waals surface area contributed by atoms with Crippen molar-refractivity contribution in [3.63, 3.8) is 0 Å². The first-order chi connectivity index (χ1) is 17.1. The standard InChI is InChI=1S/C17H16FN3O.C11H11BrFNO/c1-17(2)12-7-10(14-6-5-11(9-19)20(14)3)8-13(18)15(12)21(4)16(17)22;1-11(2)7-4-6(12)5-8(13)9(7)14(3)10(11)15/h5-8H,1-4H3;4-5H,1-3H3. The number of hydrogen-bond acceptors (Lipinski definition) is 3. The quantitative estimate of drug-likeness (QED) is 0.372. The number of carbonyl (C=O) groups excluding carboxylic acids is 2. The van der Waals surface area contributed by atoms with Gasteiger partial charge in [0.1, 0.15) is 23.4 Å². The largest absolute Gasteiger partial charge is 0.335 e. The average molecular weight is 569 g/mol. The van der Waals surface area contributed by atoms with Gasteiger partial charge in [-0.3, -0.25) is 9.59 Å². The van der Waals surface area contributed by atoms with Gasteiger partial charge in [0.15, 0.2) is 0 Å². The number of halogens is 3. The molecule has 0 unspecified atom stereocenters. The van der Waals surface area contributed by atoms with E-state index in [1.54, 1.807) is 57.8 Å². The maximum absolute atomic E-state index is 14.6. The van der Waals surface area contributed by atoms with E-state index in [2.05, 4.69) is 22.0 Å². The van der Waals surface area contributed by atoms with Gasteiger partial charge >= 0.3 is 0 Å². The molecule has 1 aromatic heterocycles. The summed E-state index contributed by atoms with van der Waals surface area (Å²) in [5.74, 6) is -0.980. The molecular weight excluding hydrogens is 542 g/mol. The second-order valence-corrected chi connectivity index (χ2v) is 11.3. The summed E-state index contributed by atoms with van der Waals surface area (Å²) in [6.07, 6.45) is 0. The number of carbonyl (C=O) groups is 2. The molecule has 0 radical (unpaired) electrons. The first-order valence-electron chi connectivity index (χ1n) is 11.6. The van der Waals surface area contributed by atoms with E-state index in [0.29, 0.717) is 32.7 Å². The smallest absolute Gasteiger partial charge is 0.236 e. The average Bonchev–Trinajstić information content (AvgIpc) is 3.34. The Kier molecular flexibility index (Phi) is 6.32. The van der Waals surface area contributed by atoms with Crippen LogP contribution in [0.25, 0.3) is 11.3 Å². The molecular formula is C28H27BrF2N4O2. The molecule has 0 N–H and O–H groups in total. The molecule has 2 amide bonds. The van der Waals surface area contributed by atoms with Gasteiger partial charge in [0.25, 0.3) is 0 Å². The highest BCUT2D eigenvalue weighted by atomic mass is 79.9. The summed E-state index contributed by atoms with van der Waals surface area (Å²) in [6.45, 7) is 7.21. The zero-order valence-corrected chi connectivity index (χ0v) is 23.3. The van der Waals surface area contributed by atoms with Crippen LogP contribution < -0.4 is 9.80 Å². The lowest BCUT2D eigenvalue weighted by atomic mass is 9.85. The van der Waals surface area contributed by atoms with Crippen LogP contribution >= 0.6 is 15.9 Å². The fourth-order valence-electron chi connectivity index (χ4n) is 5.13. The van der Waals surface area contributed by atoms with Crippen LogP contribution in [0.3, 0.4) is 0 Å². The summed E-state index contributed by atoms with van der Waals surface area (Å²) in [4.78, 5) is 27.0. The lowest BCUT2D eigenvalue weighted by molar-refractivity contribution is -0.122. The third-order valence-electron chi connectivity index (χ3n) is 7.32. The van der Waals surface area contributed by atoms with Crippen LogP contribution in [0.4, 0.5) is 20.2 Å². The van der Waals surface area contributed by atoms with Crippen LogP contribution in [0.2, 0.25) is 0 Å². The van der Waals surface area contributed by atoms with Crippen LogP contribution in [0.15, 0.2) is 40.9 Å². The highest BCUT2D eigenvalue weighted by Crippen LogP contribution is 2.45. The number of aromatic nitrogens is 1. The molecule has 0 bridgehead atoms. The van der Waals surface area contributed by atoms with Gasteiger partial charge in [-0.25, -0.2) is 8.78 Å². The van der Waals surface area contributed by atoms with Crippen molar-refractivity contribution in [3.8, 4) is 17.3 Å². The maximum Gasteiger partial charge on any atom is 0.236 e. The summed E-state index contributed by atoms with van der Waals surface area (Å²) < 4.78 is 30.6. The molecule has 0 atom stereocenters. The van der Waals surface area contributed by atoms with E-state index in [4.69, 9.17) is 5.26 Å². The first-order valence-corrected chi connectivity index (χ1v) is 12.4. The molecule has 0 spiro atoms. The Hall–Kier alpha value is -3.51. The first kappa shape index (κ1) is 26.6. The van der Waals surface area contributed by atoms with Crippen LogP contribution in [-0.2, 0) is 27.5 Å². The number of likely N-dealkylation sites (N-methyl/N-ethyl adjacent to an activating group) is 2. The van der Waals surface area contributed by atoms with Gasteiger partial charge in [0.2, 0.25) is 11.8 Å². The summed E-state index contributed by atoms with van der Waals surface area (Å²) >= 11 is 3.24. The number of anilines is 2. The monoisotopic (exact) mass is 568 g/mol. The van der Waals surface area contributed by atoms with E-state index < -0.39 is 16.6 Å². The van der Waals surface area contributed by atoms with E-state index in [9.17, 15) is 18.4 Å². The Labute approximate surface area is 223 Å². The second-order valence-electron chi connectivity index (χ2n) is 10.4. The number of fused-ring (bicyclic) bond motifs is 2. The van der Waals surface area contributed by atoms with Gasteiger partial charge in [-0.2, -0.15) is 5.26 Å². The Balaban J connectivity index is 0.000000186. The SMILES string of the molecule is CN1C(=O)C(C)(C)c2cc(-c3ccc(C#N)n3C)cc(F)c21.CN1C(=O)C(C)(C)c2cc(Br)cc(F)c21. The van der Waals surface area contributed by atoms with Crippen molar-refractivity contribution in [1.82, 2.24) is 4.57 Å². The molecule has 3 aromatic rings. The van der Waals surface area contributed by atoms with Gasteiger partial charge in [-0.1, -0.05) is 15.9 Å². The van der Waals surface area contributed by atoms with Gasteiger partial charge in [0.05, 0.1) is 22.2 Å². The van der Waals surface area contributed by atoms with Crippen LogP contribution in [0, 0.1) is 23.0 Å². The molecule has 6 nitrogen and oxygen atoms in total. The van der Waals surface area contributed by atoms with Gasteiger partial charge < -0.3 is 14.4 Å². The number of nitriles is 1. The maximum atomic E-state index is 14.6. The molecule has 0 saturated heterocycles. The highest BCUT2D eigenvalue weighted by Gasteiger charge is 2.45. The van der Waals surface area contributed by atoms with Crippen molar-refractivity contribution in [2.24, 2.45) is 7.05 Å². The summed E-state index contributed by atoms with van der Waals surface area (Å²) in [6, 6.07) is 12.0. The number of rotatable bonds is 1. The number of benzene rings is 2. The molecule has 192 valence electrons. The minimum absolute atomic E-state index is 0.0745. The van der Waals surface area contributed by atoms with Gasteiger partial charge in [-0.15, -0.1) is 0 Å². The normalized spacial score (nSPS) is 16.8. The summed E-state index contributed by atoms with van der Waals surface area (Å²) in [7, 11) is 4.96. The minimum atomic E-state index is -0.760. The topological polar surface area (TPSA) is 69.3 Å². The van der Waals surface area contributed by atoms with Crippen LogP contribution in [0.5, 0.6) is 0 Å². The van der Waals surface area contributed by atoms with Crippen molar-refractivity contribution in [3.05, 3.63) is 69.3 Å². The fraction of sp³-hybridized carbons (Fsp3) is 0.321. The van der Waals surface area contributed by atoms with Crippen molar-refractivity contribution in [1.29, 1.82) is 5.26 Å². The molecule has 2 aliphatic heterocycles. The zero-order chi connectivity index (χ0) is 27.6. The van der Waals surface area contributed by atoms with E-state index >= 15 is 0 Å². The Morgan fingerprint density at radius 2 is 1.30 bits per heavy atom. The molecule has 9 heteroatoms. The van der Waals surface area contributed by atoms with Crippen molar-refractivity contribution in [2.75, 3.05) is 23.9 Å². The van der Waals surface area contributed by atoms with Gasteiger partial charge in [0, 0.05) is 36.9 Å². The third kappa shape index (κ3) is 3.95. The lowest BCUT2D eigenvalue weighted by Crippen LogP contribution is -2.33. The molecule has 5 rings (SSSR count). The fourth-order valence-corrected chi connectivity index (χ4v) is 5.56. The highest BCUT2D eigenvalue weighted by molar-refractivity contribution is 9.10. The Morgan fingerprint density at radius 1 is 0.811 bits per heavy atom. The summed E-state index contributed by atoms with van der Waals surface area (Å²) in [5.41, 5.74) is 2.66. The predicted octanol–water partition coefficient (Wildman–Crippen LogP) is 5.80. The zero-order valence-electron chi connectivity index (χ0n) is 21.7. The Bertz CT molecular complexity index is 1520. The summed E-state index contributed by atoms with van der Waals surface area (Å²) in [5, 5.41) is 9.04. The second kappa shape index (κ2) is 8.80. The molecule has 2 aliphatic rings. The molecule has 0 fully saturated rings. The van der Waals surface area contributed by atoms with E-state index in [1.165, 1.54) is 21.9 Å². The number of hydrogen-bond donors (Lipinski definition) is 0. The van der Waals surface area contributed by atoms with E-state index in [-0.39, 0.29) is 17.6 Å². The van der Waals surface area contributed by atoms with E-state index in [0.717, 1.165) is 11.3 Å². The number of nitrogens with zero attached hydrogens (tertiary/aromatic N) is 4. The van der Waals surface area contributed by atoms with Crippen LogP contribution in [-0.4, -0.2) is 30.5 Å². The number of amides is 2. The molecule has 0 saturated carbocycles. The third-order valence-corrected chi connectivity index (χ3v) is 7.78. The molecule has 2 aromatic carbocycles. The molecule has 3 heterocycles. The predicted molar refractivity (Wildman–Crippen MR) is 142 cm³/mol. The van der Waals surface area contributed by atoms with Crippen molar-refractivity contribution in [2.45, 2.75) is 38.5 Å². The van der Waals surface area contributed by atoms with Crippen LogP contribution in [0.1, 0.15) is 44.5 Å². The van der Waals surface area contributed by atoms with E-state index in [1.807, 2.05) is 19.9 Å². The van der Waals surface area contributed by atoms with Gasteiger partial charge in [-0.05, 0) is 75.2 Å². The van der Waals surface area contributed by atoms with Crippen molar-refractivity contribution >= 4 is 39.1 Å². The molecule has 37 heavy (non-hydrogen) atoms. The minimum Gasteiger partial charge on any atom is -0.335 e. The Morgan fingerprint density at radius 3 is 1.78 bits per heavy atom.